The number of aromatic hydroxyl groups is 1. The summed E-state index contributed by atoms with van der Waals surface area (Å²) >= 11 is 0. The quantitative estimate of drug-likeness (QED) is 0.425. The molecule has 138 valence electrons. The highest BCUT2D eigenvalue weighted by atomic mass is 16.7. The van der Waals surface area contributed by atoms with Crippen LogP contribution in [0, 0.1) is 0 Å². The van der Waals surface area contributed by atoms with Crippen LogP contribution in [-0.4, -0.2) is 23.5 Å². The molecule has 2 aromatic rings. The highest BCUT2D eigenvalue weighted by Crippen LogP contribution is 2.41. The number of phenolic OH excluding ortho intramolecular Hbond substituents is 1. The Labute approximate surface area is 153 Å². The van der Waals surface area contributed by atoms with E-state index in [0.717, 1.165) is 11.1 Å². The van der Waals surface area contributed by atoms with Gasteiger partial charge in [0.1, 0.15) is 5.75 Å². The summed E-state index contributed by atoms with van der Waals surface area (Å²) in [6.07, 6.45) is 2.10. The zero-order valence-corrected chi connectivity index (χ0v) is 15.3. The fraction of sp³-hybridized carbons (Fsp3) is 0.286. The Morgan fingerprint density at radius 1 is 1.15 bits per heavy atom. The Hall–Kier alpha value is -2.95. The molecule has 0 atom stereocenters. The summed E-state index contributed by atoms with van der Waals surface area (Å²) in [6.45, 7) is 3.90. The van der Waals surface area contributed by atoms with E-state index >= 15 is 0 Å². The molecular formula is C21H24O5. The number of rotatable bonds is 7. The summed E-state index contributed by atoms with van der Waals surface area (Å²) in [5.41, 5.74) is 3.29. The van der Waals surface area contributed by atoms with Crippen LogP contribution in [0.2, 0.25) is 0 Å². The number of carboxylic acid groups (broad SMARTS) is 1. The first-order chi connectivity index (χ1) is 12.4. The van der Waals surface area contributed by atoms with E-state index in [-0.39, 0.29) is 11.5 Å². The lowest BCUT2D eigenvalue weighted by atomic mass is 9.98. The molecule has 0 aliphatic rings. The third-order valence-corrected chi connectivity index (χ3v) is 4.04. The molecule has 0 amide bonds. The standard InChI is InChI=1S/C21H24O5/c1-14(2)9-12-17-18(25-3)13-16(20(19(17)22)26-21(23)24)11-10-15-7-5-4-6-8-15/h4-9,13,22H,10-12H2,1-3H3,(H,23,24). The van der Waals surface area contributed by atoms with Gasteiger partial charge in [0.05, 0.1) is 7.11 Å². The van der Waals surface area contributed by atoms with Crippen molar-refractivity contribution in [2.45, 2.75) is 33.1 Å². The number of allylic oxidation sites excluding steroid dienone is 2. The maximum absolute atomic E-state index is 11.1. The highest BCUT2D eigenvalue weighted by molar-refractivity contribution is 5.67. The van der Waals surface area contributed by atoms with Gasteiger partial charge in [0.25, 0.3) is 0 Å². The van der Waals surface area contributed by atoms with E-state index in [0.29, 0.717) is 36.1 Å². The van der Waals surface area contributed by atoms with Gasteiger partial charge in [-0.1, -0.05) is 42.0 Å². The first-order valence-corrected chi connectivity index (χ1v) is 8.42. The average molecular weight is 356 g/mol. The Kier molecular flexibility index (Phi) is 6.67. The van der Waals surface area contributed by atoms with Gasteiger partial charge in [-0.2, -0.15) is 0 Å². The van der Waals surface area contributed by atoms with Crippen LogP contribution >= 0.6 is 0 Å². The van der Waals surface area contributed by atoms with E-state index in [2.05, 4.69) is 0 Å². The van der Waals surface area contributed by atoms with E-state index in [1.807, 2.05) is 50.3 Å². The molecule has 0 unspecified atom stereocenters. The lowest BCUT2D eigenvalue weighted by molar-refractivity contribution is 0.142. The third kappa shape index (κ3) is 5.02. The van der Waals surface area contributed by atoms with E-state index in [1.54, 1.807) is 6.07 Å². The van der Waals surface area contributed by atoms with Crippen LogP contribution in [-0.2, 0) is 19.3 Å². The van der Waals surface area contributed by atoms with Crippen LogP contribution in [0.25, 0.3) is 0 Å². The van der Waals surface area contributed by atoms with Crippen LogP contribution in [0.1, 0.15) is 30.5 Å². The summed E-state index contributed by atoms with van der Waals surface area (Å²) in [5.74, 6) is 0.305. The molecule has 2 rings (SSSR count). The molecule has 0 spiro atoms. The van der Waals surface area contributed by atoms with Crippen molar-refractivity contribution >= 4 is 6.16 Å². The second-order valence-electron chi connectivity index (χ2n) is 6.23. The lowest BCUT2D eigenvalue weighted by Crippen LogP contribution is -2.08. The van der Waals surface area contributed by atoms with E-state index in [1.165, 1.54) is 7.11 Å². The van der Waals surface area contributed by atoms with Gasteiger partial charge in [0, 0.05) is 11.1 Å². The number of aryl methyl sites for hydroxylation is 2. The van der Waals surface area contributed by atoms with Crippen LogP contribution in [0.5, 0.6) is 17.2 Å². The van der Waals surface area contributed by atoms with Gasteiger partial charge in [-0.15, -0.1) is 0 Å². The molecule has 2 N–H and O–H groups in total. The first-order valence-electron chi connectivity index (χ1n) is 8.42. The van der Waals surface area contributed by atoms with Crippen molar-refractivity contribution in [2.24, 2.45) is 0 Å². The van der Waals surface area contributed by atoms with E-state index < -0.39 is 6.16 Å². The number of benzene rings is 2. The van der Waals surface area contributed by atoms with Gasteiger partial charge in [-0.3, -0.25) is 0 Å². The van der Waals surface area contributed by atoms with Crippen molar-refractivity contribution in [2.75, 3.05) is 7.11 Å². The summed E-state index contributed by atoms with van der Waals surface area (Å²) < 4.78 is 10.3. The van der Waals surface area contributed by atoms with Gasteiger partial charge >= 0.3 is 6.16 Å². The minimum atomic E-state index is -1.46. The summed E-state index contributed by atoms with van der Waals surface area (Å²) in [7, 11) is 1.53. The molecule has 5 nitrogen and oxygen atoms in total. The van der Waals surface area contributed by atoms with Gasteiger partial charge in [0.2, 0.25) is 0 Å². The Morgan fingerprint density at radius 3 is 2.42 bits per heavy atom. The summed E-state index contributed by atoms with van der Waals surface area (Å²) in [6, 6.07) is 11.6. The smallest absolute Gasteiger partial charge is 0.504 e. The maximum Gasteiger partial charge on any atom is 0.511 e. The molecule has 0 heterocycles. The molecule has 0 saturated heterocycles. The predicted octanol–water partition coefficient (Wildman–Crippen LogP) is 4.75. The molecule has 5 heteroatoms. The number of carbonyl (C=O) groups is 1. The van der Waals surface area contributed by atoms with E-state index in [9.17, 15) is 9.90 Å². The minimum Gasteiger partial charge on any atom is -0.504 e. The number of methoxy groups -OCH3 is 1. The van der Waals surface area contributed by atoms with Crippen LogP contribution in [0.15, 0.2) is 48.0 Å². The minimum absolute atomic E-state index is 0.0219. The zero-order valence-electron chi connectivity index (χ0n) is 15.3. The molecule has 0 aliphatic carbocycles. The van der Waals surface area contributed by atoms with Crippen LogP contribution < -0.4 is 9.47 Å². The monoisotopic (exact) mass is 356 g/mol. The second kappa shape index (κ2) is 8.94. The molecule has 0 bridgehead atoms. The van der Waals surface area contributed by atoms with E-state index in [4.69, 9.17) is 14.6 Å². The average Bonchev–Trinajstić information content (AvgIpc) is 2.61. The third-order valence-electron chi connectivity index (χ3n) is 4.04. The van der Waals surface area contributed by atoms with Crippen molar-refractivity contribution in [1.29, 1.82) is 0 Å². The van der Waals surface area contributed by atoms with Gasteiger partial charge in [0.15, 0.2) is 11.5 Å². The second-order valence-corrected chi connectivity index (χ2v) is 6.23. The van der Waals surface area contributed by atoms with Gasteiger partial charge in [-0.25, -0.2) is 4.79 Å². The molecule has 0 aromatic heterocycles. The number of ether oxygens (including phenoxy) is 2. The normalized spacial score (nSPS) is 10.3. The molecular weight excluding hydrogens is 332 g/mol. The topological polar surface area (TPSA) is 76.0 Å². The van der Waals surface area contributed by atoms with Crippen LogP contribution in [0.3, 0.4) is 0 Å². The summed E-state index contributed by atoms with van der Waals surface area (Å²) in [5, 5.41) is 19.7. The van der Waals surface area contributed by atoms with Crippen molar-refractivity contribution in [3.8, 4) is 17.2 Å². The van der Waals surface area contributed by atoms with Gasteiger partial charge in [-0.05, 0) is 44.7 Å². The fourth-order valence-corrected chi connectivity index (χ4v) is 2.71. The molecule has 0 aliphatic heterocycles. The van der Waals surface area contributed by atoms with Crippen LogP contribution in [0.4, 0.5) is 4.79 Å². The SMILES string of the molecule is COc1cc(CCc2ccccc2)c(OC(=O)O)c(O)c1CC=C(C)C. The molecule has 0 fully saturated rings. The largest absolute Gasteiger partial charge is 0.511 e. The molecule has 26 heavy (non-hydrogen) atoms. The lowest BCUT2D eigenvalue weighted by Gasteiger charge is -2.17. The van der Waals surface area contributed by atoms with Gasteiger partial charge < -0.3 is 19.7 Å². The predicted molar refractivity (Wildman–Crippen MR) is 100 cm³/mol. The Bertz CT molecular complexity index is 790. The fourth-order valence-electron chi connectivity index (χ4n) is 2.71. The summed E-state index contributed by atoms with van der Waals surface area (Å²) in [4.78, 5) is 11.1. The number of hydrogen-bond acceptors (Lipinski definition) is 4. The maximum atomic E-state index is 11.1. The number of hydrogen-bond donors (Lipinski definition) is 2. The van der Waals surface area contributed by atoms with Crippen molar-refractivity contribution in [3.63, 3.8) is 0 Å². The zero-order chi connectivity index (χ0) is 19.1. The molecule has 2 aromatic carbocycles. The first kappa shape index (κ1) is 19.4. The highest BCUT2D eigenvalue weighted by Gasteiger charge is 2.21. The van der Waals surface area contributed by atoms with Crippen molar-refractivity contribution in [3.05, 3.63) is 64.7 Å². The number of phenols is 1. The molecule has 0 saturated carbocycles. The Morgan fingerprint density at radius 2 is 1.85 bits per heavy atom. The van der Waals surface area contributed by atoms with Crippen molar-refractivity contribution < 1.29 is 24.5 Å². The molecule has 0 radical (unpaired) electrons. The Balaban J connectivity index is 2.43. The van der Waals surface area contributed by atoms with Crippen molar-refractivity contribution in [1.82, 2.24) is 0 Å².